The predicted molar refractivity (Wildman–Crippen MR) is 68.2 cm³/mol. The minimum atomic E-state index is 1.05. The van der Waals surface area contributed by atoms with Crippen molar-refractivity contribution in [3.8, 4) is 0 Å². The van der Waals surface area contributed by atoms with Crippen LogP contribution >= 0.6 is 0 Å². The second kappa shape index (κ2) is 8.15. The molecule has 0 aromatic carbocycles. The van der Waals surface area contributed by atoms with Crippen LogP contribution < -0.4 is 0 Å². The molecule has 1 nitrogen and oxygen atoms in total. The summed E-state index contributed by atoms with van der Waals surface area (Å²) in [6.07, 6.45) is 13.1. The fraction of sp³-hybridized carbons (Fsp3) is 1.00. The van der Waals surface area contributed by atoms with Crippen molar-refractivity contribution >= 4 is 0 Å². The summed E-state index contributed by atoms with van der Waals surface area (Å²) in [7, 11) is 2.25. The third-order valence-electron chi connectivity index (χ3n) is 3.80. The average Bonchev–Trinajstić information content (AvgIpc) is 2.26. The van der Waals surface area contributed by atoms with Crippen LogP contribution in [0.5, 0.6) is 0 Å². The van der Waals surface area contributed by atoms with Crippen LogP contribution in [0.3, 0.4) is 0 Å². The molecular formula is C14H29N. The van der Waals surface area contributed by atoms with Gasteiger partial charge >= 0.3 is 0 Å². The summed E-state index contributed by atoms with van der Waals surface area (Å²) in [5, 5.41) is 0. The highest BCUT2D eigenvalue weighted by Crippen LogP contribution is 2.22. The van der Waals surface area contributed by atoms with Crippen LogP contribution in [0.25, 0.3) is 0 Å². The molecule has 1 aliphatic rings. The van der Waals surface area contributed by atoms with Gasteiger partial charge in [-0.1, -0.05) is 51.9 Å². The highest BCUT2D eigenvalue weighted by molar-refractivity contribution is 4.69. The summed E-state index contributed by atoms with van der Waals surface area (Å²) >= 11 is 0. The number of unbranched alkanes of at least 4 members (excludes halogenated alkanes) is 5. The Morgan fingerprint density at radius 2 is 1.53 bits per heavy atom. The van der Waals surface area contributed by atoms with Gasteiger partial charge in [0.1, 0.15) is 0 Å². The van der Waals surface area contributed by atoms with Gasteiger partial charge in [0.2, 0.25) is 0 Å². The maximum atomic E-state index is 2.47. The monoisotopic (exact) mass is 211 g/mol. The van der Waals surface area contributed by atoms with Gasteiger partial charge in [-0.25, -0.2) is 0 Å². The first-order chi connectivity index (χ1) is 7.33. The normalized spacial score (nSPS) is 19.6. The van der Waals surface area contributed by atoms with Crippen molar-refractivity contribution in [3.05, 3.63) is 0 Å². The highest BCUT2D eigenvalue weighted by atomic mass is 15.1. The Hall–Kier alpha value is -0.0400. The Balaban J connectivity index is 1.87. The second-order valence-corrected chi connectivity index (χ2v) is 5.30. The fourth-order valence-corrected chi connectivity index (χ4v) is 2.56. The van der Waals surface area contributed by atoms with Crippen LogP contribution in [-0.2, 0) is 0 Å². The summed E-state index contributed by atoms with van der Waals surface area (Å²) in [6, 6.07) is 0. The van der Waals surface area contributed by atoms with Gasteiger partial charge in [-0.05, 0) is 38.9 Å². The van der Waals surface area contributed by atoms with E-state index < -0.39 is 0 Å². The molecule has 0 aromatic heterocycles. The van der Waals surface area contributed by atoms with E-state index in [1.165, 1.54) is 70.9 Å². The molecule has 1 saturated heterocycles. The van der Waals surface area contributed by atoms with Gasteiger partial charge in [0.05, 0.1) is 0 Å². The first-order valence-electron chi connectivity index (χ1n) is 7.01. The van der Waals surface area contributed by atoms with Crippen LogP contribution in [-0.4, -0.2) is 25.0 Å². The molecule has 90 valence electrons. The molecule has 0 radical (unpaired) electrons. The van der Waals surface area contributed by atoms with Gasteiger partial charge in [-0.2, -0.15) is 0 Å². The van der Waals surface area contributed by atoms with E-state index in [1.807, 2.05) is 0 Å². The van der Waals surface area contributed by atoms with Crippen LogP contribution in [0.4, 0.5) is 0 Å². The molecule has 1 rings (SSSR count). The molecule has 0 aromatic rings. The van der Waals surface area contributed by atoms with E-state index in [9.17, 15) is 0 Å². The molecule has 0 spiro atoms. The van der Waals surface area contributed by atoms with E-state index in [-0.39, 0.29) is 0 Å². The van der Waals surface area contributed by atoms with E-state index in [0.717, 1.165) is 5.92 Å². The van der Waals surface area contributed by atoms with Crippen LogP contribution in [0.2, 0.25) is 0 Å². The lowest BCUT2D eigenvalue weighted by Crippen LogP contribution is -2.30. The first-order valence-corrected chi connectivity index (χ1v) is 7.01. The number of rotatable bonds is 7. The van der Waals surface area contributed by atoms with E-state index in [2.05, 4.69) is 18.9 Å². The molecule has 1 heterocycles. The van der Waals surface area contributed by atoms with E-state index in [4.69, 9.17) is 0 Å². The third kappa shape index (κ3) is 6.19. The average molecular weight is 211 g/mol. The molecule has 0 atom stereocenters. The van der Waals surface area contributed by atoms with Crippen molar-refractivity contribution in [3.63, 3.8) is 0 Å². The zero-order chi connectivity index (χ0) is 10.9. The Bertz CT molecular complexity index is 136. The van der Waals surface area contributed by atoms with Crippen molar-refractivity contribution < 1.29 is 0 Å². The molecule has 0 amide bonds. The maximum Gasteiger partial charge on any atom is -0.00191 e. The predicted octanol–water partition coefficient (Wildman–Crippen LogP) is 4.08. The molecule has 1 fully saturated rings. The number of nitrogens with zero attached hydrogens (tertiary/aromatic N) is 1. The topological polar surface area (TPSA) is 3.24 Å². The zero-order valence-corrected chi connectivity index (χ0v) is 10.8. The summed E-state index contributed by atoms with van der Waals surface area (Å²) in [6.45, 7) is 4.96. The molecule has 0 unspecified atom stereocenters. The largest absolute Gasteiger partial charge is 0.306 e. The molecule has 1 heteroatoms. The Labute approximate surface area is 96.2 Å². The minimum Gasteiger partial charge on any atom is -0.306 e. The van der Waals surface area contributed by atoms with Crippen molar-refractivity contribution in [1.29, 1.82) is 0 Å². The van der Waals surface area contributed by atoms with Gasteiger partial charge in [-0.3, -0.25) is 0 Å². The standard InChI is InChI=1S/C14H29N/c1-3-4-5-6-7-8-9-14-10-12-15(2)13-11-14/h14H,3-13H2,1-2H3. The zero-order valence-electron chi connectivity index (χ0n) is 10.8. The summed E-state index contributed by atoms with van der Waals surface area (Å²) < 4.78 is 0. The highest BCUT2D eigenvalue weighted by Gasteiger charge is 2.15. The van der Waals surface area contributed by atoms with E-state index in [0.29, 0.717) is 0 Å². The lowest BCUT2D eigenvalue weighted by Gasteiger charge is -2.28. The van der Waals surface area contributed by atoms with Gasteiger partial charge in [-0.15, -0.1) is 0 Å². The van der Waals surface area contributed by atoms with Crippen molar-refractivity contribution in [2.24, 2.45) is 5.92 Å². The number of likely N-dealkylation sites (tertiary alicyclic amines) is 1. The Morgan fingerprint density at radius 1 is 0.933 bits per heavy atom. The van der Waals surface area contributed by atoms with Crippen LogP contribution in [0.1, 0.15) is 64.7 Å². The van der Waals surface area contributed by atoms with Crippen LogP contribution in [0, 0.1) is 5.92 Å². The molecule has 0 bridgehead atoms. The lowest BCUT2D eigenvalue weighted by molar-refractivity contribution is 0.209. The van der Waals surface area contributed by atoms with Gasteiger partial charge in [0, 0.05) is 0 Å². The fourth-order valence-electron chi connectivity index (χ4n) is 2.56. The number of hydrogen-bond donors (Lipinski definition) is 0. The quantitative estimate of drug-likeness (QED) is 0.574. The van der Waals surface area contributed by atoms with Crippen molar-refractivity contribution in [2.75, 3.05) is 20.1 Å². The van der Waals surface area contributed by atoms with Crippen molar-refractivity contribution in [1.82, 2.24) is 4.90 Å². The van der Waals surface area contributed by atoms with E-state index in [1.54, 1.807) is 0 Å². The molecule has 0 aliphatic carbocycles. The molecular weight excluding hydrogens is 182 g/mol. The van der Waals surface area contributed by atoms with Crippen molar-refractivity contribution in [2.45, 2.75) is 64.7 Å². The minimum absolute atomic E-state index is 1.05. The first kappa shape index (κ1) is 13.0. The third-order valence-corrected chi connectivity index (χ3v) is 3.80. The summed E-state index contributed by atoms with van der Waals surface area (Å²) in [5.41, 5.74) is 0. The second-order valence-electron chi connectivity index (χ2n) is 5.30. The van der Waals surface area contributed by atoms with Gasteiger partial charge in [0.25, 0.3) is 0 Å². The Kier molecular flexibility index (Phi) is 7.08. The molecule has 0 N–H and O–H groups in total. The van der Waals surface area contributed by atoms with Gasteiger partial charge < -0.3 is 4.90 Å². The van der Waals surface area contributed by atoms with E-state index >= 15 is 0 Å². The SMILES string of the molecule is CCCCCCCCC1CCN(C)CC1. The van der Waals surface area contributed by atoms with Crippen LogP contribution in [0.15, 0.2) is 0 Å². The van der Waals surface area contributed by atoms with Gasteiger partial charge in [0.15, 0.2) is 0 Å². The molecule has 1 aliphatic heterocycles. The molecule has 0 saturated carbocycles. The Morgan fingerprint density at radius 3 is 2.20 bits per heavy atom. The maximum absolute atomic E-state index is 2.47. The summed E-state index contributed by atoms with van der Waals surface area (Å²) in [5.74, 6) is 1.05. The number of hydrogen-bond acceptors (Lipinski definition) is 1. The lowest BCUT2D eigenvalue weighted by atomic mass is 9.91. The smallest absolute Gasteiger partial charge is 0.00191 e. The summed E-state index contributed by atoms with van der Waals surface area (Å²) in [4.78, 5) is 2.47. The number of piperidine rings is 1. The molecule has 15 heavy (non-hydrogen) atoms.